The molecule has 0 saturated carbocycles. The Labute approximate surface area is 111 Å². The number of aromatic nitrogens is 2. The van der Waals surface area contributed by atoms with Crippen molar-refractivity contribution in [1.29, 1.82) is 0 Å². The van der Waals surface area contributed by atoms with Crippen molar-refractivity contribution in [2.24, 2.45) is 0 Å². The lowest BCUT2D eigenvalue weighted by atomic mass is 10.2. The SMILES string of the molecule is COc1ccc(Oc2ncnc3c2CCC3)cc1N. The molecule has 0 radical (unpaired) electrons. The van der Waals surface area contributed by atoms with E-state index in [1.807, 2.05) is 6.07 Å². The molecule has 0 bridgehead atoms. The number of rotatable bonds is 3. The smallest absolute Gasteiger partial charge is 0.225 e. The molecule has 1 aliphatic carbocycles. The fourth-order valence-corrected chi connectivity index (χ4v) is 2.31. The number of benzene rings is 1. The van der Waals surface area contributed by atoms with Crippen molar-refractivity contribution in [3.63, 3.8) is 0 Å². The Morgan fingerprint density at radius 2 is 2.11 bits per heavy atom. The van der Waals surface area contributed by atoms with Crippen LogP contribution in [0.2, 0.25) is 0 Å². The predicted octanol–water partition coefficient (Wildman–Crippen LogP) is 2.35. The van der Waals surface area contributed by atoms with E-state index < -0.39 is 0 Å². The standard InChI is InChI=1S/C14H15N3O2/c1-18-13-6-5-9(7-11(13)15)19-14-10-3-2-4-12(10)16-8-17-14/h5-8H,2-4,15H2,1H3. The Bertz CT molecular complexity index is 614. The van der Waals surface area contributed by atoms with E-state index in [9.17, 15) is 0 Å². The van der Waals surface area contributed by atoms with Crippen molar-refractivity contribution in [3.05, 3.63) is 35.8 Å². The van der Waals surface area contributed by atoms with Crippen LogP contribution in [0.3, 0.4) is 0 Å². The van der Waals surface area contributed by atoms with Crippen LogP contribution in [0.5, 0.6) is 17.4 Å². The van der Waals surface area contributed by atoms with Crippen molar-refractivity contribution < 1.29 is 9.47 Å². The van der Waals surface area contributed by atoms with Crippen LogP contribution in [-0.4, -0.2) is 17.1 Å². The Hall–Kier alpha value is -2.30. The summed E-state index contributed by atoms with van der Waals surface area (Å²) in [7, 11) is 1.59. The van der Waals surface area contributed by atoms with E-state index >= 15 is 0 Å². The quantitative estimate of drug-likeness (QED) is 0.855. The first-order valence-electron chi connectivity index (χ1n) is 6.22. The first-order chi connectivity index (χ1) is 9.28. The van der Waals surface area contributed by atoms with Crippen molar-refractivity contribution in [1.82, 2.24) is 9.97 Å². The third kappa shape index (κ3) is 2.19. The molecular weight excluding hydrogens is 242 g/mol. The fourth-order valence-electron chi connectivity index (χ4n) is 2.31. The highest BCUT2D eigenvalue weighted by molar-refractivity contribution is 5.56. The van der Waals surface area contributed by atoms with Gasteiger partial charge in [0.25, 0.3) is 0 Å². The largest absolute Gasteiger partial charge is 0.495 e. The first-order valence-corrected chi connectivity index (χ1v) is 6.22. The Morgan fingerprint density at radius 1 is 1.21 bits per heavy atom. The highest BCUT2D eigenvalue weighted by Crippen LogP contribution is 2.32. The number of methoxy groups -OCH3 is 1. The molecule has 3 rings (SSSR count). The summed E-state index contributed by atoms with van der Waals surface area (Å²) in [5, 5.41) is 0. The van der Waals surface area contributed by atoms with Gasteiger partial charge in [0, 0.05) is 11.6 Å². The van der Waals surface area contributed by atoms with Crippen LogP contribution < -0.4 is 15.2 Å². The molecule has 1 aromatic carbocycles. The molecule has 0 atom stereocenters. The van der Waals surface area contributed by atoms with Crippen molar-refractivity contribution in [2.45, 2.75) is 19.3 Å². The molecule has 1 aromatic heterocycles. The predicted molar refractivity (Wildman–Crippen MR) is 71.5 cm³/mol. The minimum absolute atomic E-state index is 0.547. The molecule has 0 amide bonds. The Balaban J connectivity index is 1.90. The molecule has 2 aromatic rings. The maximum atomic E-state index is 5.86. The molecule has 0 fully saturated rings. The zero-order chi connectivity index (χ0) is 13.2. The second-order valence-corrected chi connectivity index (χ2v) is 4.46. The summed E-state index contributed by atoms with van der Waals surface area (Å²) in [6, 6.07) is 5.34. The summed E-state index contributed by atoms with van der Waals surface area (Å²) in [5.74, 6) is 1.93. The van der Waals surface area contributed by atoms with Gasteiger partial charge in [-0.15, -0.1) is 0 Å². The van der Waals surface area contributed by atoms with Crippen molar-refractivity contribution >= 4 is 5.69 Å². The second kappa shape index (κ2) is 4.76. The second-order valence-electron chi connectivity index (χ2n) is 4.46. The third-order valence-electron chi connectivity index (χ3n) is 3.25. The molecule has 0 aliphatic heterocycles. The maximum absolute atomic E-state index is 5.86. The summed E-state index contributed by atoms with van der Waals surface area (Å²) in [6.07, 6.45) is 4.62. The van der Waals surface area contributed by atoms with Crippen LogP contribution in [0.1, 0.15) is 17.7 Å². The third-order valence-corrected chi connectivity index (χ3v) is 3.25. The van der Waals surface area contributed by atoms with Gasteiger partial charge in [-0.25, -0.2) is 9.97 Å². The van der Waals surface area contributed by atoms with Gasteiger partial charge >= 0.3 is 0 Å². The molecule has 1 aliphatic rings. The van der Waals surface area contributed by atoms with Gasteiger partial charge in [0.2, 0.25) is 5.88 Å². The van der Waals surface area contributed by atoms with Gasteiger partial charge in [0.05, 0.1) is 18.5 Å². The highest BCUT2D eigenvalue weighted by Gasteiger charge is 2.18. The summed E-state index contributed by atoms with van der Waals surface area (Å²) < 4.78 is 10.9. The van der Waals surface area contributed by atoms with Crippen LogP contribution in [0.15, 0.2) is 24.5 Å². The maximum Gasteiger partial charge on any atom is 0.225 e. The summed E-state index contributed by atoms with van der Waals surface area (Å²) >= 11 is 0. The van der Waals surface area contributed by atoms with Gasteiger partial charge in [-0.2, -0.15) is 0 Å². The van der Waals surface area contributed by atoms with E-state index in [1.54, 1.807) is 25.6 Å². The van der Waals surface area contributed by atoms with Crippen LogP contribution in [-0.2, 0) is 12.8 Å². The highest BCUT2D eigenvalue weighted by atomic mass is 16.5. The van der Waals surface area contributed by atoms with Gasteiger partial charge in [-0.1, -0.05) is 0 Å². The topological polar surface area (TPSA) is 70.3 Å². The van der Waals surface area contributed by atoms with Crippen LogP contribution in [0.4, 0.5) is 5.69 Å². The number of nitrogens with zero attached hydrogens (tertiary/aromatic N) is 2. The van der Waals surface area contributed by atoms with E-state index in [0.29, 0.717) is 23.1 Å². The number of fused-ring (bicyclic) bond motifs is 1. The van der Waals surface area contributed by atoms with Gasteiger partial charge < -0.3 is 15.2 Å². The molecule has 19 heavy (non-hydrogen) atoms. The van der Waals surface area contributed by atoms with E-state index in [0.717, 1.165) is 30.5 Å². The molecule has 5 nitrogen and oxygen atoms in total. The Kier molecular flexibility index (Phi) is 2.95. The average molecular weight is 257 g/mol. The van der Waals surface area contributed by atoms with Crippen LogP contribution in [0.25, 0.3) is 0 Å². The van der Waals surface area contributed by atoms with E-state index in [-0.39, 0.29) is 0 Å². The van der Waals surface area contributed by atoms with Gasteiger partial charge in [-0.05, 0) is 31.4 Å². The number of hydrogen-bond acceptors (Lipinski definition) is 5. The summed E-state index contributed by atoms with van der Waals surface area (Å²) in [5.41, 5.74) is 8.61. The molecule has 2 N–H and O–H groups in total. The minimum Gasteiger partial charge on any atom is -0.495 e. The molecule has 0 unspecified atom stereocenters. The lowest BCUT2D eigenvalue weighted by Gasteiger charge is -2.10. The van der Waals surface area contributed by atoms with Gasteiger partial charge in [0.15, 0.2) is 0 Å². The van der Waals surface area contributed by atoms with Crippen LogP contribution >= 0.6 is 0 Å². The summed E-state index contributed by atoms with van der Waals surface area (Å²) in [6.45, 7) is 0. The molecule has 0 spiro atoms. The van der Waals surface area contributed by atoms with Crippen LogP contribution in [0, 0.1) is 0 Å². The minimum atomic E-state index is 0.547. The average Bonchev–Trinajstić information content (AvgIpc) is 2.88. The zero-order valence-corrected chi connectivity index (χ0v) is 10.7. The molecule has 5 heteroatoms. The van der Waals surface area contributed by atoms with E-state index in [1.165, 1.54) is 0 Å². The summed E-state index contributed by atoms with van der Waals surface area (Å²) in [4.78, 5) is 8.48. The van der Waals surface area contributed by atoms with E-state index in [2.05, 4.69) is 9.97 Å². The molecular formula is C14H15N3O2. The first kappa shape index (κ1) is 11.8. The lowest BCUT2D eigenvalue weighted by molar-refractivity contribution is 0.414. The number of anilines is 1. The lowest BCUT2D eigenvalue weighted by Crippen LogP contribution is -1.98. The zero-order valence-electron chi connectivity index (χ0n) is 10.7. The number of nitrogens with two attached hydrogens (primary N) is 1. The fraction of sp³-hybridized carbons (Fsp3) is 0.286. The molecule has 1 heterocycles. The van der Waals surface area contributed by atoms with Gasteiger partial charge in [-0.3, -0.25) is 0 Å². The number of ether oxygens (including phenoxy) is 2. The van der Waals surface area contributed by atoms with E-state index in [4.69, 9.17) is 15.2 Å². The number of hydrogen-bond donors (Lipinski definition) is 1. The number of nitrogen functional groups attached to an aromatic ring is 1. The number of aryl methyl sites for hydroxylation is 1. The van der Waals surface area contributed by atoms with Crippen molar-refractivity contribution in [3.8, 4) is 17.4 Å². The molecule has 98 valence electrons. The van der Waals surface area contributed by atoms with Crippen molar-refractivity contribution in [2.75, 3.05) is 12.8 Å². The Morgan fingerprint density at radius 3 is 2.89 bits per heavy atom. The molecule has 0 saturated heterocycles. The normalized spacial score (nSPS) is 13.1. The monoisotopic (exact) mass is 257 g/mol. The van der Waals surface area contributed by atoms with Gasteiger partial charge in [0.1, 0.15) is 17.8 Å².